The van der Waals surface area contributed by atoms with Gasteiger partial charge in [-0.2, -0.15) is 0 Å². The Kier molecular flexibility index (Phi) is 4.55. The topological polar surface area (TPSA) is 29.5 Å². The number of nitrogens with zero attached hydrogens (tertiary/aromatic N) is 1. The average Bonchev–Trinajstić information content (AvgIpc) is 2.27. The summed E-state index contributed by atoms with van der Waals surface area (Å²) in [5, 5.41) is 0. The lowest BCUT2D eigenvalue weighted by Crippen LogP contribution is -2.42. The van der Waals surface area contributed by atoms with Crippen LogP contribution in [0.2, 0.25) is 0 Å². The Bertz CT molecular complexity index is 378. The Labute approximate surface area is 103 Å². The van der Waals surface area contributed by atoms with Crippen molar-refractivity contribution in [1.29, 1.82) is 0 Å². The molecule has 0 N–H and O–H groups in total. The summed E-state index contributed by atoms with van der Waals surface area (Å²) in [5.41, 5.74) is 0.623. The van der Waals surface area contributed by atoms with Gasteiger partial charge in [-0.15, -0.1) is 0 Å². The molecule has 0 aliphatic heterocycles. The van der Waals surface area contributed by atoms with Crippen LogP contribution in [0.4, 0.5) is 0 Å². The van der Waals surface area contributed by atoms with Gasteiger partial charge in [0.15, 0.2) is 0 Å². The monoisotopic (exact) mass is 235 g/mol. The summed E-state index contributed by atoms with van der Waals surface area (Å²) in [5.74, 6) is 0.649. The molecule has 0 aliphatic carbocycles. The second-order valence-corrected chi connectivity index (χ2v) is 4.60. The smallest absolute Gasteiger partial charge is 0.258 e. The lowest BCUT2D eigenvalue weighted by atomic mass is 10.1. The fourth-order valence-electron chi connectivity index (χ4n) is 2.03. The number of carbonyl (C=O) groups excluding carboxylic acids is 1. The molecular formula is C14H21NO2. The van der Waals surface area contributed by atoms with Crippen LogP contribution in [-0.4, -0.2) is 30.0 Å². The predicted molar refractivity (Wildman–Crippen MR) is 69.4 cm³/mol. The highest BCUT2D eigenvalue weighted by Crippen LogP contribution is 2.21. The Balaban J connectivity index is 3.09. The van der Waals surface area contributed by atoms with Crippen LogP contribution in [-0.2, 0) is 0 Å². The molecule has 3 nitrogen and oxygen atoms in total. The molecule has 1 aromatic rings. The maximum absolute atomic E-state index is 12.5. The fraction of sp³-hybridized carbons (Fsp3) is 0.500. The molecule has 17 heavy (non-hydrogen) atoms. The maximum Gasteiger partial charge on any atom is 0.258 e. The number of benzene rings is 1. The summed E-state index contributed by atoms with van der Waals surface area (Å²) in [6.07, 6.45) is 0. The molecule has 0 fully saturated rings. The quantitative estimate of drug-likeness (QED) is 0.803. The van der Waals surface area contributed by atoms with Crippen LogP contribution in [0.25, 0.3) is 0 Å². The van der Waals surface area contributed by atoms with E-state index in [1.807, 2.05) is 50.8 Å². The summed E-state index contributed by atoms with van der Waals surface area (Å²) >= 11 is 0. The van der Waals surface area contributed by atoms with Gasteiger partial charge >= 0.3 is 0 Å². The molecule has 94 valence electrons. The largest absolute Gasteiger partial charge is 0.496 e. The molecule has 1 aromatic carbocycles. The van der Waals surface area contributed by atoms with Crippen LogP contribution in [0.5, 0.6) is 5.75 Å². The van der Waals surface area contributed by atoms with Gasteiger partial charge in [-0.1, -0.05) is 12.1 Å². The van der Waals surface area contributed by atoms with Gasteiger partial charge in [0.25, 0.3) is 5.91 Å². The number of rotatable bonds is 4. The van der Waals surface area contributed by atoms with Gasteiger partial charge in [-0.3, -0.25) is 4.79 Å². The zero-order valence-electron chi connectivity index (χ0n) is 11.2. The molecule has 1 rings (SSSR count). The van der Waals surface area contributed by atoms with Crippen molar-refractivity contribution in [3.63, 3.8) is 0 Å². The minimum atomic E-state index is 0.0208. The second-order valence-electron chi connectivity index (χ2n) is 4.60. The van der Waals surface area contributed by atoms with Gasteiger partial charge in [0.2, 0.25) is 0 Å². The third-order valence-electron chi connectivity index (χ3n) is 2.68. The van der Waals surface area contributed by atoms with E-state index in [1.165, 1.54) is 0 Å². The van der Waals surface area contributed by atoms with Crippen molar-refractivity contribution in [1.82, 2.24) is 4.90 Å². The van der Waals surface area contributed by atoms with Crippen molar-refractivity contribution in [3.05, 3.63) is 29.8 Å². The average molecular weight is 235 g/mol. The molecule has 0 aromatic heterocycles. The van der Waals surface area contributed by atoms with Gasteiger partial charge in [-0.25, -0.2) is 0 Å². The first-order valence-corrected chi connectivity index (χ1v) is 5.94. The predicted octanol–water partition coefficient (Wildman–Crippen LogP) is 2.95. The Morgan fingerprint density at radius 3 is 2.12 bits per heavy atom. The normalized spacial score (nSPS) is 10.8. The Morgan fingerprint density at radius 2 is 1.65 bits per heavy atom. The van der Waals surface area contributed by atoms with Gasteiger partial charge in [0, 0.05) is 12.1 Å². The maximum atomic E-state index is 12.5. The molecule has 0 saturated carbocycles. The third kappa shape index (κ3) is 2.99. The molecule has 0 saturated heterocycles. The molecule has 3 heteroatoms. The van der Waals surface area contributed by atoms with Crippen LogP contribution in [0.1, 0.15) is 38.1 Å². The number of para-hydroxylation sites is 1. The first kappa shape index (κ1) is 13.6. The summed E-state index contributed by atoms with van der Waals surface area (Å²) in [7, 11) is 1.58. The first-order valence-electron chi connectivity index (χ1n) is 5.94. The van der Waals surface area contributed by atoms with E-state index in [2.05, 4.69) is 0 Å². The highest BCUT2D eigenvalue weighted by atomic mass is 16.5. The van der Waals surface area contributed by atoms with E-state index in [9.17, 15) is 4.79 Å². The highest BCUT2D eigenvalue weighted by molar-refractivity contribution is 5.97. The van der Waals surface area contributed by atoms with E-state index in [0.717, 1.165) is 0 Å². The Morgan fingerprint density at radius 1 is 1.12 bits per heavy atom. The lowest BCUT2D eigenvalue weighted by molar-refractivity contribution is 0.0640. The molecule has 0 aliphatic rings. The van der Waals surface area contributed by atoms with E-state index >= 15 is 0 Å². The molecular weight excluding hydrogens is 214 g/mol. The van der Waals surface area contributed by atoms with E-state index < -0.39 is 0 Å². The number of hydrogen-bond acceptors (Lipinski definition) is 2. The number of methoxy groups -OCH3 is 1. The SMILES string of the molecule is COc1ccccc1C(=O)N(C(C)C)C(C)C. The van der Waals surface area contributed by atoms with Crippen molar-refractivity contribution in [3.8, 4) is 5.75 Å². The molecule has 0 spiro atoms. The summed E-state index contributed by atoms with van der Waals surface area (Å²) in [6.45, 7) is 8.08. The van der Waals surface area contributed by atoms with E-state index in [1.54, 1.807) is 13.2 Å². The number of ether oxygens (including phenoxy) is 1. The van der Waals surface area contributed by atoms with Gasteiger partial charge in [-0.05, 0) is 39.8 Å². The second kappa shape index (κ2) is 5.71. The van der Waals surface area contributed by atoms with Crippen molar-refractivity contribution in [2.45, 2.75) is 39.8 Å². The fourth-order valence-corrected chi connectivity index (χ4v) is 2.03. The van der Waals surface area contributed by atoms with Gasteiger partial charge < -0.3 is 9.64 Å². The van der Waals surface area contributed by atoms with E-state index in [4.69, 9.17) is 4.74 Å². The van der Waals surface area contributed by atoms with Crippen molar-refractivity contribution in [2.75, 3.05) is 7.11 Å². The van der Waals surface area contributed by atoms with Crippen LogP contribution in [0.3, 0.4) is 0 Å². The van der Waals surface area contributed by atoms with Crippen molar-refractivity contribution >= 4 is 5.91 Å². The summed E-state index contributed by atoms with van der Waals surface area (Å²) in [6, 6.07) is 7.68. The van der Waals surface area contributed by atoms with Gasteiger partial charge in [0.1, 0.15) is 5.75 Å². The summed E-state index contributed by atoms with van der Waals surface area (Å²) in [4.78, 5) is 14.3. The zero-order chi connectivity index (χ0) is 13.0. The third-order valence-corrected chi connectivity index (χ3v) is 2.68. The Hall–Kier alpha value is -1.51. The number of hydrogen-bond donors (Lipinski definition) is 0. The standard InChI is InChI=1S/C14H21NO2/c1-10(2)15(11(3)4)14(16)12-8-6-7-9-13(12)17-5/h6-11H,1-5H3. The van der Waals surface area contributed by atoms with Crippen LogP contribution in [0.15, 0.2) is 24.3 Å². The lowest BCUT2D eigenvalue weighted by Gasteiger charge is -2.31. The van der Waals surface area contributed by atoms with Crippen LogP contribution >= 0.6 is 0 Å². The van der Waals surface area contributed by atoms with Crippen LogP contribution in [0, 0.1) is 0 Å². The van der Waals surface area contributed by atoms with Crippen molar-refractivity contribution < 1.29 is 9.53 Å². The minimum Gasteiger partial charge on any atom is -0.496 e. The number of amides is 1. The highest BCUT2D eigenvalue weighted by Gasteiger charge is 2.23. The molecule has 0 radical (unpaired) electrons. The molecule has 0 heterocycles. The van der Waals surface area contributed by atoms with E-state index in [-0.39, 0.29) is 18.0 Å². The zero-order valence-corrected chi connectivity index (χ0v) is 11.2. The molecule has 0 unspecified atom stereocenters. The number of carbonyl (C=O) groups is 1. The minimum absolute atomic E-state index is 0.0208. The molecule has 0 bridgehead atoms. The summed E-state index contributed by atoms with van der Waals surface area (Å²) < 4.78 is 5.23. The molecule has 0 atom stereocenters. The van der Waals surface area contributed by atoms with Gasteiger partial charge in [0.05, 0.1) is 12.7 Å². The molecule has 1 amide bonds. The first-order chi connectivity index (χ1) is 7.99. The van der Waals surface area contributed by atoms with Crippen molar-refractivity contribution in [2.24, 2.45) is 0 Å². The van der Waals surface area contributed by atoms with E-state index in [0.29, 0.717) is 11.3 Å². The van der Waals surface area contributed by atoms with Crippen LogP contribution < -0.4 is 4.74 Å².